The number of ether oxygens (including phenoxy) is 3. The predicted octanol–water partition coefficient (Wildman–Crippen LogP) is 5.31. The van der Waals surface area contributed by atoms with Crippen LogP contribution in [0.3, 0.4) is 0 Å². The van der Waals surface area contributed by atoms with E-state index in [1.54, 1.807) is 25.1 Å². The molecule has 0 spiro atoms. The van der Waals surface area contributed by atoms with Crippen molar-refractivity contribution < 1.29 is 23.8 Å². The van der Waals surface area contributed by atoms with E-state index >= 15 is 0 Å². The smallest absolute Gasteiger partial charge is 0.363 e. The van der Waals surface area contributed by atoms with Gasteiger partial charge in [0.2, 0.25) is 5.90 Å². The number of esters is 2. The highest BCUT2D eigenvalue weighted by Crippen LogP contribution is 2.37. The van der Waals surface area contributed by atoms with E-state index in [9.17, 15) is 9.59 Å². The molecule has 0 bridgehead atoms. The maximum atomic E-state index is 12.4. The number of benzene rings is 2. The fraction of sp³-hybridized carbons (Fsp3) is 0.292. The van der Waals surface area contributed by atoms with Crippen LogP contribution >= 0.6 is 11.6 Å². The Morgan fingerprint density at radius 2 is 1.87 bits per heavy atom. The first-order chi connectivity index (χ1) is 14.6. The summed E-state index contributed by atoms with van der Waals surface area (Å²) in [5.74, 6) is -0.404. The third kappa shape index (κ3) is 5.33. The topological polar surface area (TPSA) is 74.2 Å². The Morgan fingerprint density at radius 3 is 2.45 bits per heavy atom. The van der Waals surface area contributed by atoms with Gasteiger partial charge in [0.15, 0.2) is 17.2 Å². The molecule has 1 aliphatic rings. The molecule has 1 heterocycles. The third-order valence-corrected chi connectivity index (χ3v) is 4.78. The highest BCUT2D eigenvalue weighted by molar-refractivity contribution is 6.32. The van der Waals surface area contributed by atoms with Crippen LogP contribution in [0.5, 0.6) is 11.5 Å². The lowest BCUT2D eigenvalue weighted by Gasteiger charge is -2.18. The molecule has 0 radical (unpaired) electrons. The third-order valence-electron chi connectivity index (χ3n) is 4.50. The summed E-state index contributed by atoms with van der Waals surface area (Å²) >= 11 is 6.27. The van der Waals surface area contributed by atoms with E-state index < -0.39 is 11.9 Å². The Morgan fingerprint density at radius 1 is 1.19 bits per heavy atom. The van der Waals surface area contributed by atoms with Gasteiger partial charge in [0.05, 0.1) is 11.6 Å². The van der Waals surface area contributed by atoms with Crippen molar-refractivity contribution in [2.24, 2.45) is 4.99 Å². The zero-order chi connectivity index (χ0) is 22.8. The number of hydrogen-bond acceptors (Lipinski definition) is 6. The number of halogens is 1. The molecule has 2 aromatic carbocycles. The highest BCUT2D eigenvalue weighted by Gasteiger charge is 2.25. The van der Waals surface area contributed by atoms with Crippen LogP contribution in [-0.4, -0.2) is 24.4 Å². The zero-order valence-corrected chi connectivity index (χ0v) is 18.9. The van der Waals surface area contributed by atoms with Crippen molar-refractivity contribution in [3.8, 4) is 11.5 Å². The van der Waals surface area contributed by atoms with Gasteiger partial charge in [-0.25, -0.2) is 9.79 Å². The van der Waals surface area contributed by atoms with Gasteiger partial charge in [-0.2, -0.15) is 0 Å². The van der Waals surface area contributed by atoms with E-state index in [0.717, 1.165) is 0 Å². The van der Waals surface area contributed by atoms with Gasteiger partial charge < -0.3 is 14.2 Å². The molecule has 162 valence electrons. The van der Waals surface area contributed by atoms with Crippen LogP contribution in [0.1, 0.15) is 51.3 Å². The maximum absolute atomic E-state index is 12.4. The Bertz CT molecular complexity index is 1080. The largest absolute Gasteiger partial charge is 0.490 e. The van der Waals surface area contributed by atoms with Gasteiger partial charge in [-0.15, -0.1) is 0 Å². The van der Waals surface area contributed by atoms with Crippen molar-refractivity contribution in [1.82, 2.24) is 0 Å². The van der Waals surface area contributed by atoms with E-state index in [1.807, 2.05) is 24.3 Å². The molecule has 0 fully saturated rings. The molecule has 0 aliphatic carbocycles. The van der Waals surface area contributed by atoms with Crippen LogP contribution in [0, 0.1) is 0 Å². The quantitative estimate of drug-likeness (QED) is 0.357. The van der Waals surface area contributed by atoms with E-state index in [2.05, 4.69) is 25.8 Å². The molecule has 2 aromatic rings. The van der Waals surface area contributed by atoms with Crippen molar-refractivity contribution in [2.45, 2.75) is 40.0 Å². The standard InChI is InChI=1S/C24H24ClNO5/c1-6-29-20-13-15(11-18(25)21(20)30-14(2)27)12-19-23(28)31-22(26-19)16-7-9-17(10-8-16)24(3,4)5/h7-13H,6H2,1-5H3. The van der Waals surface area contributed by atoms with Gasteiger partial charge in [-0.1, -0.05) is 44.5 Å². The second-order valence-electron chi connectivity index (χ2n) is 8.02. The monoisotopic (exact) mass is 441 g/mol. The minimum Gasteiger partial charge on any atom is -0.490 e. The molecule has 0 unspecified atom stereocenters. The first-order valence-electron chi connectivity index (χ1n) is 9.86. The number of rotatable bonds is 5. The SMILES string of the molecule is CCOc1cc(C=C2N=C(c3ccc(C(C)(C)C)cc3)OC2=O)cc(Cl)c1OC(C)=O. The van der Waals surface area contributed by atoms with E-state index in [4.69, 9.17) is 25.8 Å². The highest BCUT2D eigenvalue weighted by atomic mass is 35.5. The molecular weight excluding hydrogens is 418 g/mol. The summed E-state index contributed by atoms with van der Waals surface area (Å²) in [4.78, 5) is 28.0. The second kappa shape index (κ2) is 8.94. The molecule has 3 rings (SSSR count). The van der Waals surface area contributed by atoms with E-state index in [0.29, 0.717) is 23.5 Å². The molecule has 0 atom stereocenters. The van der Waals surface area contributed by atoms with Gasteiger partial charge in [0.1, 0.15) is 0 Å². The van der Waals surface area contributed by atoms with Crippen LogP contribution in [0.15, 0.2) is 47.1 Å². The van der Waals surface area contributed by atoms with Gasteiger partial charge in [-0.05, 0) is 53.8 Å². The molecule has 1 aliphatic heterocycles. The number of cyclic esters (lactones) is 1. The van der Waals surface area contributed by atoms with Crippen LogP contribution in [0.25, 0.3) is 6.08 Å². The van der Waals surface area contributed by atoms with Crippen LogP contribution in [0.4, 0.5) is 0 Å². The van der Waals surface area contributed by atoms with Crippen LogP contribution in [0.2, 0.25) is 5.02 Å². The van der Waals surface area contributed by atoms with Gasteiger partial charge in [-0.3, -0.25) is 4.79 Å². The first kappa shape index (κ1) is 22.6. The Kier molecular flexibility index (Phi) is 6.51. The summed E-state index contributed by atoms with van der Waals surface area (Å²) in [6, 6.07) is 10.9. The molecule has 31 heavy (non-hydrogen) atoms. The van der Waals surface area contributed by atoms with Crippen LogP contribution in [-0.2, 0) is 19.7 Å². The van der Waals surface area contributed by atoms with Crippen molar-refractivity contribution >= 4 is 35.5 Å². The summed E-state index contributed by atoms with van der Waals surface area (Å²) in [5.41, 5.74) is 2.59. The lowest BCUT2D eigenvalue weighted by atomic mass is 9.87. The molecule has 6 nitrogen and oxygen atoms in total. The lowest BCUT2D eigenvalue weighted by molar-refractivity contribution is -0.132. The maximum Gasteiger partial charge on any atom is 0.363 e. The van der Waals surface area contributed by atoms with Crippen molar-refractivity contribution in [3.05, 3.63) is 63.8 Å². The molecule has 0 amide bonds. The Balaban J connectivity index is 1.93. The molecular formula is C24H24ClNO5. The first-order valence-corrected chi connectivity index (χ1v) is 10.2. The number of carbonyl (C=O) groups is 2. The second-order valence-corrected chi connectivity index (χ2v) is 8.43. The average molecular weight is 442 g/mol. The summed E-state index contributed by atoms with van der Waals surface area (Å²) < 4.78 is 16.0. The molecule has 0 N–H and O–H groups in total. The zero-order valence-electron chi connectivity index (χ0n) is 18.1. The normalized spacial score (nSPS) is 15.0. The predicted molar refractivity (Wildman–Crippen MR) is 120 cm³/mol. The fourth-order valence-corrected chi connectivity index (χ4v) is 3.24. The van der Waals surface area contributed by atoms with Crippen LogP contribution < -0.4 is 9.47 Å². The molecule has 0 saturated heterocycles. The number of carbonyl (C=O) groups excluding carboxylic acids is 2. The number of nitrogens with zero attached hydrogens (tertiary/aromatic N) is 1. The Hall–Kier alpha value is -3.12. The van der Waals surface area contributed by atoms with Gasteiger partial charge in [0, 0.05) is 12.5 Å². The summed E-state index contributed by atoms with van der Waals surface area (Å²) in [5, 5.41) is 0.182. The number of aliphatic imine (C=N–C) groups is 1. The summed E-state index contributed by atoms with van der Waals surface area (Å²) in [6.07, 6.45) is 1.55. The van der Waals surface area contributed by atoms with E-state index in [1.165, 1.54) is 12.5 Å². The Labute approximate surface area is 186 Å². The van der Waals surface area contributed by atoms with Gasteiger partial charge >= 0.3 is 11.9 Å². The fourth-order valence-electron chi connectivity index (χ4n) is 2.98. The van der Waals surface area contributed by atoms with Gasteiger partial charge in [0.25, 0.3) is 0 Å². The molecule has 0 aromatic heterocycles. The lowest BCUT2D eigenvalue weighted by Crippen LogP contribution is -2.11. The summed E-state index contributed by atoms with van der Waals surface area (Å²) in [7, 11) is 0. The molecule has 7 heteroatoms. The average Bonchev–Trinajstić information content (AvgIpc) is 3.04. The summed E-state index contributed by atoms with van der Waals surface area (Å²) in [6.45, 7) is 9.81. The minimum atomic E-state index is -0.562. The molecule has 0 saturated carbocycles. The van der Waals surface area contributed by atoms with Crippen molar-refractivity contribution in [3.63, 3.8) is 0 Å². The van der Waals surface area contributed by atoms with E-state index in [-0.39, 0.29) is 27.8 Å². The van der Waals surface area contributed by atoms with Crippen molar-refractivity contribution in [2.75, 3.05) is 6.61 Å². The minimum absolute atomic E-state index is 0.0214. The van der Waals surface area contributed by atoms with Crippen molar-refractivity contribution in [1.29, 1.82) is 0 Å². The number of hydrogen-bond donors (Lipinski definition) is 0.